The summed E-state index contributed by atoms with van der Waals surface area (Å²) >= 11 is 0. The molecule has 49 heavy (non-hydrogen) atoms. The summed E-state index contributed by atoms with van der Waals surface area (Å²) in [6.07, 6.45) is 0. The molecule has 0 bridgehead atoms. The van der Waals surface area contributed by atoms with Gasteiger partial charge in [-0.2, -0.15) is 0 Å². The van der Waals surface area contributed by atoms with Crippen LogP contribution in [0.2, 0.25) is 0 Å². The summed E-state index contributed by atoms with van der Waals surface area (Å²) in [6, 6.07) is 68.1. The Morgan fingerprint density at radius 2 is 0.735 bits per heavy atom. The van der Waals surface area contributed by atoms with Crippen LogP contribution in [-0.2, 0) is 5.41 Å². The third-order valence-corrected chi connectivity index (χ3v) is 11.3. The Morgan fingerprint density at radius 3 is 1.45 bits per heavy atom. The normalized spacial score (nSPS) is 13.5. The molecule has 11 rings (SSSR count). The van der Waals surface area contributed by atoms with Crippen LogP contribution in [0.15, 0.2) is 182 Å². The molecule has 0 aromatic heterocycles. The molecule has 9 aromatic carbocycles. The summed E-state index contributed by atoms with van der Waals surface area (Å²) in [6.45, 7) is 0. The van der Waals surface area contributed by atoms with E-state index in [1.165, 1.54) is 99.1 Å². The Kier molecular flexibility index (Phi) is 5.41. The van der Waals surface area contributed by atoms with E-state index in [0.29, 0.717) is 0 Å². The van der Waals surface area contributed by atoms with E-state index >= 15 is 0 Å². The van der Waals surface area contributed by atoms with Crippen molar-refractivity contribution >= 4 is 32.3 Å². The first-order valence-corrected chi connectivity index (χ1v) is 17.2. The summed E-state index contributed by atoms with van der Waals surface area (Å²) < 4.78 is 0. The molecule has 0 fully saturated rings. The largest absolute Gasteiger partial charge is 0.0731 e. The standard InChI is InChI=1S/C49H30/c1-2-13-33-29-34(22-21-31(33)11-1)36-27-28-37(40-16-6-5-15-39(36)40)35-24-25-43-44-26-23-32-12-3-4-14-38(32)48(44)49(47(43)30-35)45-19-9-7-17-41(45)42-18-8-10-20-46(42)49/h1-30H. The summed E-state index contributed by atoms with van der Waals surface area (Å²) in [7, 11) is 0. The van der Waals surface area contributed by atoms with Crippen molar-refractivity contribution in [3.05, 3.63) is 204 Å². The minimum Gasteiger partial charge on any atom is -0.0619 e. The smallest absolute Gasteiger partial charge is 0.0619 e. The minimum atomic E-state index is -0.407. The Hall–Kier alpha value is -6.24. The van der Waals surface area contributed by atoms with Crippen LogP contribution < -0.4 is 0 Å². The van der Waals surface area contributed by atoms with Crippen molar-refractivity contribution in [1.29, 1.82) is 0 Å². The molecule has 0 nitrogen and oxygen atoms in total. The van der Waals surface area contributed by atoms with Gasteiger partial charge in [0.2, 0.25) is 0 Å². The molecule has 0 unspecified atom stereocenters. The van der Waals surface area contributed by atoms with E-state index in [1.54, 1.807) is 0 Å². The average Bonchev–Trinajstić information content (AvgIpc) is 3.64. The second-order valence-corrected chi connectivity index (χ2v) is 13.6. The van der Waals surface area contributed by atoms with E-state index in [9.17, 15) is 0 Å². The van der Waals surface area contributed by atoms with E-state index in [2.05, 4.69) is 182 Å². The van der Waals surface area contributed by atoms with Crippen LogP contribution in [0.25, 0.3) is 76.8 Å². The lowest BCUT2D eigenvalue weighted by molar-refractivity contribution is 0.801. The van der Waals surface area contributed by atoms with Crippen LogP contribution in [-0.4, -0.2) is 0 Å². The molecule has 0 saturated carbocycles. The predicted octanol–water partition coefficient (Wildman–Crippen LogP) is 12.8. The maximum atomic E-state index is 2.51. The molecule has 9 aromatic rings. The first kappa shape index (κ1) is 26.8. The molecule has 2 aliphatic rings. The van der Waals surface area contributed by atoms with E-state index < -0.39 is 5.41 Å². The molecule has 1 spiro atoms. The first-order valence-electron chi connectivity index (χ1n) is 17.2. The molecule has 0 radical (unpaired) electrons. The second-order valence-electron chi connectivity index (χ2n) is 13.6. The van der Waals surface area contributed by atoms with Crippen LogP contribution in [0, 0.1) is 0 Å². The molecule has 0 heterocycles. The number of fused-ring (bicyclic) bond motifs is 14. The van der Waals surface area contributed by atoms with Gasteiger partial charge in [-0.25, -0.2) is 0 Å². The lowest BCUT2D eigenvalue weighted by Gasteiger charge is -2.31. The highest BCUT2D eigenvalue weighted by Crippen LogP contribution is 2.64. The van der Waals surface area contributed by atoms with Gasteiger partial charge in [0.15, 0.2) is 0 Å². The van der Waals surface area contributed by atoms with Gasteiger partial charge in [0.05, 0.1) is 5.41 Å². The summed E-state index contributed by atoms with van der Waals surface area (Å²) in [4.78, 5) is 0. The molecule has 226 valence electrons. The lowest BCUT2D eigenvalue weighted by atomic mass is 9.69. The maximum Gasteiger partial charge on any atom is 0.0731 e. The fourth-order valence-corrected chi connectivity index (χ4v) is 9.25. The highest BCUT2D eigenvalue weighted by molar-refractivity contribution is 6.08. The van der Waals surface area contributed by atoms with Gasteiger partial charge in [0.1, 0.15) is 0 Å². The zero-order valence-electron chi connectivity index (χ0n) is 26.8. The van der Waals surface area contributed by atoms with Crippen molar-refractivity contribution in [3.63, 3.8) is 0 Å². The lowest BCUT2D eigenvalue weighted by Crippen LogP contribution is -2.26. The van der Waals surface area contributed by atoms with Gasteiger partial charge >= 0.3 is 0 Å². The molecule has 0 aliphatic heterocycles. The topological polar surface area (TPSA) is 0 Å². The molecule has 0 saturated heterocycles. The van der Waals surface area contributed by atoms with Gasteiger partial charge in [-0.15, -0.1) is 0 Å². The fourth-order valence-electron chi connectivity index (χ4n) is 9.25. The van der Waals surface area contributed by atoms with E-state index in [4.69, 9.17) is 0 Å². The van der Waals surface area contributed by atoms with Gasteiger partial charge < -0.3 is 0 Å². The van der Waals surface area contributed by atoms with Gasteiger partial charge in [0, 0.05) is 0 Å². The zero-order chi connectivity index (χ0) is 32.1. The van der Waals surface area contributed by atoms with Crippen molar-refractivity contribution in [2.75, 3.05) is 0 Å². The van der Waals surface area contributed by atoms with Gasteiger partial charge in [0.25, 0.3) is 0 Å². The summed E-state index contributed by atoms with van der Waals surface area (Å²) in [5.74, 6) is 0. The van der Waals surface area contributed by atoms with Gasteiger partial charge in [-0.3, -0.25) is 0 Å². The Labute approximate surface area is 285 Å². The number of hydrogen-bond donors (Lipinski definition) is 0. The third kappa shape index (κ3) is 3.53. The third-order valence-electron chi connectivity index (χ3n) is 11.3. The van der Waals surface area contributed by atoms with Crippen LogP contribution in [0.1, 0.15) is 22.3 Å². The number of benzene rings is 9. The quantitative estimate of drug-likeness (QED) is 0.181. The highest BCUT2D eigenvalue weighted by atomic mass is 14.5. The molecule has 2 aliphatic carbocycles. The SMILES string of the molecule is c1ccc2c(c1)-c1ccccc1C21c2cc(-c3ccc(-c4ccc5ccccc5c4)c4ccccc34)ccc2-c2ccc3ccccc3c21. The summed E-state index contributed by atoms with van der Waals surface area (Å²) in [5, 5.41) is 7.69. The van der Waals surface area contributed by atoms with Crippen LogP contribution in [0.4, 0.5) is 0 Å². The van der Waals surface area contributed by atoms with E-state index in [1.807, 2.05) is 0 Å². The molecular formula is C49H30. The van der Waals surface area contributed by atoms with E-state index in [-0.39, 0.29) is 0 Å². The van der Waals surface area contributed by atoms with Crippen molar-refractivity contribution in [2.45, 2.75) is 5.41 Å². The van der Waals surface area contributed by atoms with Crippen LogP contribution in [0.3, 0.4) is 0 Å². The molecule has 0 heteroatoms. The summed E-state index contributed by atoms with van der Waals surface area (Å²) in [5.41, 5.74) is 15.5. The molecule has 0 N–H and O–H groups in total. The number of hydrogen-bond acceptors (Lipinski definition) is 0. The Bertz CT molecular complexity index is 2790. The molecule has 0 amide bonds. The van der Waals surface area contributed by atoms with Crippen molar-refractivity contribution in [1.82, 2.24) is 0 Å². The molecular weight excluding hydrogens is 589 g/mol. The number of rotatable bonds is 2. The first-order chi connectivity index (χ1) is 24.3. The van der Waals surface area contributed by atoms with Crippen LogP contribution >= 0.6 is 0 Å². The highest BCUT2D eigenvalue weighted by Gasteiger charge is 2.52. The van der Waals surface area contributed by atoms with Gasteiger partial charge in [-0.05, 0) is 111 Å². The predicted molar refractivity (Wildman–Crippen MR) is 206 cm³/mol. The zero-order valence-corrected chi connectivity index (χ0v) is 26.8. The minimum absolute atomic E-state index is 0.407. The average molecular weight is 619 g/mol. The molecule has 0 atom stereocenters. The Balaban J connectivity index is 1.19. The fraction of sp³-hybridized carbons (Fsp3) is 0.0204. The second kappa shape index (κ2) is 9.89. The Morgan fingerprint density at radius 1 is 0.265 bits per heavy atom. The monoisotopic (exact) mass is 618 g/mol. The van der Waals surface area contributed by atoms with E-state index in [0.717, 1.165) is 0 Å². The van der Waals surface area contributed by atoms with Crippen LogP contribution in [0.5, 0.6) is 0 Å². The van der Waals surface area contributed by atoms with Gasteiger partial charge in [-0.1, -0.05) is 170 Å². The van der Waals surface area contributed by atoms with Crippen molar-refractivity contribution < 1.29 is 0 Å². The van der Waals surface area contributed by atoms with Crippen molar-refractivity contribution in [2.24, 2.45) is 0 Å². The van der Waals surface area contributed by atoms with Crippen molar-refractivity contribution in [3.8, 4) is 44.5 Å². The maximum absolute atomic E-state index is 2.51.